The van der Waals surface area contributed by atoms with Gasteiger partial charge in [0.15, 0.2) is 5.78 Å². The molecule has 1 aromatic carbocycles. The number of Topliss-reactive ketones (excluding diaryl/α,β-unsaturated/α-hetero) is 1. The van der Waals surface area contributed by atoms with Gasteiger partial charge in [0.1, 0.15) is 11.4 Å². The summed E-state index contributed by atoms with van der Waals surface area (Å²) in [7, 11) is 5.27. The van der Waals surface area contributed by atoms with Crippen LogP contribution in [0.4, 0.5) is 9.18 Å². The van der Waals surface area contributed by atoms with Crippen LogP contribution in [0.5, 0.6) is 0 Å². The van der Waals surface area contributed by atoms with E-state index in [1.54, 1.807) is 11.0 Å². The summed E-state index contributed by atoms with van der Waals surface area (Å²) < 4.78 is 19.5. The number of amides is 1. The number of carbonyl (C=O) groups is 2. The minimum atomic E-state index is -0.603. The molecule has 2 radical (unpaired) electrons. The lowest BCUT2D eigenvalue weighted by molar-refractivity contribution is 0.0224. The second-order valence-electron chi connectivity index (χ2n) is 6.70. The number of hydrogen-bond donors (Lipinski definition) is 0. The summed E-state index contributed by atoms with van der Waals surface area (Å²) in [5, 5.41) is 0. The zero-order valence-corrected chi connectivity index (χ0v) is 13.8. The van der Waals surface area contributed by atoms with Crippen LogP contribution in [0.3, 0.4) is 0 Å². The molecule has 0 saturated carbocycles. The molecule has 1 heterocycles. The first-order valence-corrected chi connectivity index (χ1v) is 7.75. The monoisotopic (exact) mass is 317 g/mol. The Bertz CT molecular complexity index is 612. The topological polar surface area (TPSA) is 46.6 Å². The number of halogens is 1. The fourth-order valence-corrected chi connectivity index (χ4v) is 2.73. The SMILES string of the molecule is [B]CC(=O)c1ccc([C@@H]2CCCN2C(=O)OC(C)(C)C)cc1F. The quantitative estimate of drug-likeness (QED) is 0.631. The van der Waals surface area contributed by atoms with Crippen LogP contribution >= 0.6 is 0 Å². The molecule has 1 atom stereocenters. The first-order chi connectivity index (χ1) is 10.7. The van der Waals surface area contributed by atoms with Gasteiger partial charge >= 0.3 is 6.09 Å². The molecule has 0 spiro atoms. The maximum Gasteiger partial charge on any atom is 0.410 e. The highest BCUT2D eigenvalue weighted by atomic mass is 19.1. The lowest BCUT2D eigenvalue weighted by Gasteiger charge is -2.29. The Hall–Kier alpha value is -1.85. The van der Waals surface area contributed by atoms with E-state index in [2.05, 4.69) is 0 Å². The molecule has 4 nitrogen and oxygen atoms in total. The van der Waals surface area contributed by atoms with Crippen molar-refractivity contribution in [2.75, 3.05) is 6.54 Å². The van der Waals surface area contributed by atoms with E-state index in [-0.39, 0.29) is 17.9 Å². The third-order valence-electron chi connectivity index (χ3n) is 3.74. The van der Waals surface area contributed by atoms with Gasteiger partial charge in [-0.25, -0.2) is 9.18 Å². The van der Waals surface area contributed by atoms with Crippen LogP contribution in [0, 0.1) is 5.82 Å². The number of likely N-dealkylation sites (tertiary alicyclic amines) is 1. The molecule has 0 aliphatic carbocycles. The predicted molar refractivity (Wildman–Crippen MR) is 86.2 cm³/mol. The van der Waals surface area contributed by atoms with Crippen LogP contribution in [0.25, 0.3) is 0 Å². The van der Waals surface area contributed by atoms with E-state index >= 15 is 0 Å². The molecule has 1 aromatic rings. The van der Waals surface area contributed by atoms with Gasteiger partial charge in [0.25, 0.3) is 0 Å². The zero-order chi connectivity index (χ0) is 17.2. The molecular formula is C17H21BFNO3. The van der Waals surface area contributed by atoms with E-state index in [0.717, 1.165) is 12.8 Å². The van der Waals surface area contributed by atoms with Crippen LogP contribution in [0.15, 0.2) is 18.2 Å². The molecule has 1 saturated heterocycles. The van der Waals surface area contributed by atoms with Gasteiger partial charge in [0.05, 0.1) is 19.5 Å². The number of nitrogens with zero attached hydrogens (tertiary/aromatic N) is 1. The normalized spacial score (nSPS) is 18.1. The fourth-order valence-electron chi connectivity index (χ4n) is 2.73. The molecule has 1 aliphatic heterocycles. The van der Waals surface area contributed by atoms with Gasteiger partial charge in [-0.05, 0) is 57.6 Å². The molecule has 122 valence electrons. The second-order valence-corrected chi connectivity index (χ2v) is 6.70. The van der Waals surface area contributed by atoms with Gasteiger partial charge in [-0.2, -0.15) is 0 Å². The van der Waals surface area contributed by atoms with Crippen molar-refractivity contribution in [1.29, 1.82) is 0 Å². The number of carbonyl (C=O) groups excluding carboxylic acids is 2. The third-order valence-corrected chi connectivity index (χ3v) is 3.74. The number of benzene rings is 1. The summed E-state index contributed by atoms with van der Waals surface area (Å²) in [6.45, 7) is 6.00. The van der Waals surface area contributed by atoms with E-state index in [4.69, 9.17) is 12.6 Å². The molecule has 0 unspecified atom stereocenters. The van der Waals surface area contributed by atoms with Gasteiger partial charge in [-0.15, -0.1) is 0 Å². The maximum absolute atomic E-state index is 14.1. The van der Waals surface area contributed by atoms with E-state index in [1.165, 1.54) is 12.1 Å². The highest BCUT2D eigenvalue weighted by molar-refractivity contribution is 6.24. The Morgan fingerprint density at radius 3 is 2.65 bits per heavy atom. The molecule has 1 fully saturated rings. The van der Waals surface area contributed by atoms with Crippen LogP contribution < -0.4 is 0 Å². The molecule has 0 aromatic heterocycles. The van der Waals surface area contributed by atoms with Crippen molar-refractivity contribution in [2.24, 2.45) is 0 Å². The summed E-state index contributed by atoms with van der Waals surface area (Å²) in [5.41, 5.74) is 0.0739. The average molecular weight is 317 g/mol. The van der Waals surface area contributed by atoms with Gasteiger partial charge in [0, 0.05) is 6.54 Å². The minimum Gasteiger partial charge on any atom is -0.444 e. The number of ketones is 1. The molecule has 0 N–H and O–H groups in total. The standard InChI is InChI=1S/C17H21BFNO3/c1-17(2,3)23-16(22)20-8-4-5-14(20)11-6-7-12(13(19)9-11)15(21)10-18/h6-7,9,14H,4-5,8,10H2,1-3H3/t14-/m0/s1. The van der Waals surface area contributed by atoms with Crippen molar-refractivity contribution in [3.63, 3.8) is 0 Å². The average Bonchev–Trinajstić information content (AvgIpc) is 2.94. The van der Waals surface area contributed by atoms with Gasteiger partial charge in [-0.3, -0.25) is 4.79 Å². The Morgan fingerprint density at radius 2 is 2.09 bits per heavy atom. The lowest BCUT2D eigenvalue weighted by atomic mass is 9.94. The molecular weight excluding hydrogens is 296 g/mol. The summed E-state index contributed by atoms with van der Waals surface area (Å²) in [6.07, 6.45) is 0.934. The van der Waals surface area contributed by atoms with Crippen LogP contribution in [-0.2, 0) is 4.74 Å². The lowest BCUT2D eigenvalue weighted by Crippen LogP contribution is -2.36. The van der Waals surface area contributed by atoms with Crippen LogP contribution in [0.1, 0.15) is 55.6 Å². The number of rotatable bonds is 3. The Balaban J connectivity index is 2.21. The summed E-state index contributed by atoms with van der Waals surface area (Å²) in [6, 6.07) is 4.20. The zero-order valence-electron chi connectivity index (χ0n) is 13.8. The summed E-state index contributed by atoms with van der Waals surface area (Å²) in [5.74, 6) is -1.04. The summed E-state index contributed by atoms with van der Waals surface area (Å²) >= 11 is 0. The Labute approximate surface area is 137 Å². The minimum absolute atomic E-state index is 0.0157. The molecule has 6 heteroatoms. The molecule has 1 amide bonds. The van der Waals surface area contributed by atoms with Gasteiger partial charge in [0.2, 0.25) is 0 Å². The van der Waals surface area contributed by atoms with Crippen molar-refractivity contribution in [3.8, 4) is 0 Å². The van der Waals surface area contributed by atoms with Crippen molar-refractivity contribution in [3.05, 3.63) is 35.1 Å². The van der Waals surface area contributed by atoms with Gasteiger partial charge in [-0.1, -0.05) is 6.07 Å². The van der Waals surface area contributed by atoms with E-state index in [0.29, 0.717) is 12.1 Å². The highest BCUT2D eigenvalue weighted by Gasteiger charge is 2.33. The van der Waals surface area contributed by atoms with Crippen LogP contribution in [-0.4, -0.2) is 36.8 Å². The fraction of sp³-hybridized carbons (Fsp3) is 0.529. The third kappa shape index (κ3) is 4.12. The summed E-state index contributed by atoms with van der Waals surface area (Å²) in [4.78, 5) is 25.5. The van der Waals surface area contributed by atoms with Gasteiger partial charge < -0.3 is 9.64 Å². The van der Waals surface area contributed by atoms with E-state index < -0.39 is 23.3 Å². The smallest absolute Gasteiger partial charge is 0.410 e. The first kappa shape index (κ1) is 17.5. The second kappa shape index (κ2) is 6.73. The number of ether oxygens (including phenoxy) is 1. The highest BCUT2D eigenvalue weighted by Crippen LogP contribution is 2.34. The van der Waals surface area contributed by atoms with Crippen molar-refractivity contribution in [2.45, 2.75) is 51.6 Å². The molecule has 1 aliphatic rings. The molecule has 0 bridgehead atoms. The van der Waals surface area contributed by atoms with Crippen molar-refractivity contribution < 1.29 is 18.7 Å². The Kier molecular flexibility index (Phi) is 5.12. The van der Waals surface area contributed by atoms with Crippen LogP contribution in [0.2, 0.25) is 6.32 Å². The van der Waals surface area contributed by atoms with E-state index in [1.807, 2.05) is 20.8 Å². The largest absolute Gasteiger partial charge is 0.444 e. The van der Waals surface area contributed by atoms with Crippen molar-refractivity contribution >= 4 is 19.7 Å². The van der Waals surface area contributed by atoms with E-state index in [9.17, 15) is 14.0 Å². The van der Waals surface area contributed by atoms with Crippen molar-refractivity contribution in [1.82, 2.24) is 4.90 Å². The number of hydrogen-bond acceptors (Lipinski definition) is 3. The maximum atomic E-state index is 14.1. The predicted octanol–water partition coefficient (Wildman–Crippen LogP) is 3.67. The Morgan fingerprint density at radius 1 is 1.39 bits per heavy atom. The first-order valence-electron chi connectivity index (χ1n) is 7.75. The molecule has 2 rings (SSSR count). The molecule has 23 heavy (non-hydrogen) atoms.